The highest BCUT2D eigenvalue weighted by Crippen LogP contribution is 2.44. The molecule has 30 nitrogen and oxygen atoms in total. The number of ether oxygens (including phenoxy) is 8. The van der Waals surface area contributed by atoms with Crippen LogP contribution in [-0.4, -0.2) is 224 Å². The summed E-state index contributed by atoms with van der Waals surface area (Å²) in [5.74, 6) is -10.2. The molecule has 0 spiro atoms. The van der Waals surface area contributed by atoms with Crippen molar-refractivity contribution in [2.75, 3.05) is 93.3 Å². The molecule has 0 aromatic rings. The van der Waals surface area contributed by atoms with E-state index in [0.717, 1.165) is 25.1 Å². The van der Waals surface area contributed by atoms with Crippen LogP contribution < -0.4 is 10.6 Å². The Kier molecular flexibility index (Phi) is 57.3. The normalized spacial score (nSPS) is 14.4. The number of carboxylic acid groups (broad SMARTS) is 2. The van der Waals surface area contributed by atoms with Crippen molar-refractivity contribution in [2.24, 2.45) is 34.0 Å². The highest BCUT2D eigenvalue weighted by molar-refractivity contribution is 5.94. The Morgan fingerprint density at radius 3 is 1.37 bits per heavy atom. The SMILES string of the molecule is C=C(C)C(=O)OC.C=C(C)C(=O)OCCCO.C=C(C)C(=O)OCCNC(C)(C)C.C=CC(=O)O.C=CN1CCCC1=O.CCOC(=O)/C=C\C(C)=O.CCOC(=O)C(C)C(CC(C)(CC(CC(CC(C)(CC(C)(C)C(=O)OCCNC(C)(C)C)C(=O)OC)C(=O)O)N1CCCC1=O)C(=O)OCCCO)C(C)=O. The Morgan fingerprint density at radius 2 is 1.02 bits per heavy atom. The van der Waals surface area contributed by atoms with E-state index in [1.54, 1.807) is 66.5 Å². The number of ketones is 2. The number of aliphatic carboxylic acids is 2. The highest BCUT2D eigenvalue weighted by atomic mass is 16.6. The number of hydrogen-bond acceptors (Lipinski definition) is 26. The third-order valence-corrected chi connectivity index (χ3v) is 15.4. The second-order valence-corrected chi connectivity index (χ2v) is 28.7. The number of hydrogen-bond donors (Lipinski definition) is 6. The van der Waals surface area contributed by atoms with Gasteiger partial charge in [0.25, 0.3) is 0 Å². The van der Waals surface area contributed by atoms with Crippen molar-refractivity contribution in [1.29, 1.82) is 0 Å². The van der Waals surface area contributed by atoms with Crippen LogP contribution in [0.1, 0.15) is 195 Å². The number of nitrogens with one attached hydrogen (secondary N) is 2. The van der Waals surface area contributed by atoms with Crippen molar-refractivity contribution in [3.05, 3.63) is 74.0 Å². The van der Waals surface area contributed by atoms with Gasteiger partial charge in [-0.1, -0.05) is 39.8 Å². The summed E-state index contributed by atoms with van der Waals surface area (Å²) >= 11 is 0. The van der Waals surface area contributed by atoms with Gasteiger partial charge in [-0.15, -0.1) is 0 Å². The molecule has 6 N–H and O–H groups in total. The van der Waals surface area contributed by atoms with E-state index in [-0.39, 0.29) is 138 Å². The number of carbonyl (C=O) groups is 14. The van der Waals surface area contributed by atoms with Crippen molar-refractivity contribution in [3.8, 4) is 0 Å². The molecule has 2 heterocycles. The molecule has 2 aliphatic heterocycles. The molecule has 2 amide bonds. The first kappa shape index (κ1) is 108. The number of nitrogens with zero attached hydrogens (tertiary/aromatic N) is 2. The summed E-state index contributed by atoms with van der Waals surface area (Å²) in [6, 6.07) is -0.868. The predicted molar refractivity (Wildman–Crippen MR) is 406 cm³/mol. The lowest BCUT2D eigenvalue weighted by Gasteiger charge is -2.40. The molecule has 0 aliphatic carbocycles. The Morgan fingerprint density at radius 1 is 0.565 bits per heavy atom. The maximum Gasteiger partial charge on any atom is 0.333 e. The Bertz CT molecular complexity index is 2960. The van der Waals surface area contributed by atoms with E-state index in [2.05, 4.69) is 78.5 Å². The lowest BCUT2D eigenvalue weighted by Crippen LogP contribution is -2.47. The molecule has 0 bridgehead atoms. The first-order valence-electron chi connectivity index (χ1n) is 35.7. The molecular weight excluding hydrogens is 1410 g/mol. The van der Waals surface area contributed by atoms with E-state index in [9.17, 15) is 77.3 Å². The van der Waals surface area contributed by atoms with E-state index in [0.29, 0.717) is 62.3 Å². The highest BCUT2D eigenvalue weighted by Gasteiger charge is 2.49. The molecule has 6 unspecified atom stereocenters. The van der Waals surface area contributed by atoms with Crippen LogP contribution in [0.25, 0.3) is 0 Å². The fourth-order valence-electron chi connectivity index (χ4n) is 10.0. The summed E-state index contributed by atoms with van der Waals surface area (Å²) in [7, 11) is 2.51. The van der Waals surface area contributed by atoms with Crippen molar-refractivity contribution in [1.82, 2.24) is 20.4 Å². The Balaban J connectivity index is -0.000000524. The number of carboxylic acids is 2. The van der Waals surface area contributed by atoms with Crippen LogP contribution in [0.3, 0.4) is 0 Å². The second-order valence-electron chi connectivity index (χ2n) is 28.7. The lowest BCUT2D eigenvalue weighted by molar-refractivity contribution is -0.164. The van der Waals surface area contributed by atoms with E-state index < -0.39 is 87.8 Å². The fraction of sp³-hybridized carbons (Fsp3) is 0.667. The van der Waals surface area contributed by atoms with Gasteiger partial charge in [0, 0.05) is 117 Å². The van der Waals surface area contributed by atoms with Gasteiger partial charge in [0.15, 0.2) is 5.78 Å². The topological polar surface area (TPSA) is 424 Å². The molecular formula is C78H130N4O26. The molecule has 30 heteroatoms. The monoisotopic (exact) mass is 1540 g/mol. The first-order valence-corrected chi connectivity index (χ1v) is 35.7. The first-order chi connectivity index (χ1) is 49.8. The number of methoxy groups -OCH3 is 2. The Hall–Kier alpha value is -8.74. The molecule has 0 saturated carbocycles. The zero-order valence-corrected chi connectivity index (χ0v) is 68.1. The molecule has 0 aromatic carbocycles. The molecule has 2 rings (SSSR count). The molecule has 108 heavy (non-hydrogen) atoms. The van der Waals surface area contributed by atoms with Crippen molar-refractivity contribution in [2.45, 2.75) is 212 Å². The van der Waals surface area contributed by atoms with Gasteiger partial charge in [-0.3, -0.25) is 43.2 Å². The van der Waals surface area contributed by atoms with Crippen LogP contribution in [0.2, 0.25) is 0 Å². The molecule has 0 aromatic heterocycles. The number of Topliss-reactive ketones (excluding diaryl/α,β-unsaturated/α-hetero) is 1. The average molecular weight is 1540 g/mol. The quantitative estimate of drug-likeness (QED) is 0.0145. The van der Waals surface area contributed by atoms with Gasteiger partial charge < -0.3 is 78.8 Å². The third-order valence-electron chi connectivity index (χ3n) is 15.4. The zero-order valence-electron chi connectivity index (χ0n) is 68.1. The minimum absolute atomic E-state index is 0.0451. The largest absolute Gasteiger partial charge is 0.481 e. The maximum atomic E-state index is 13.9. The van der Waals surface area contributed by atoms with Crippen LogP contribution in [0.4, 0.5) is 0 Å². The number of carbonyl (C=O) groups excluding carboxylic acids is 12. The average Bonchev–Trinajstić information content (AvgIpc) is 1.18. The van der Waals surface area contributed by atoms with Crippen LogP contribution in [0.15, 0.2) is 74.0 Å². The van der Waals surface area contributed by atoms with Gasteiger partial charge in [-0.05, 0) is 175 Å². The zero-order chi connectivity index (χ0) is 84.9. The van der Waals surface area contributed by atoms with Gasteiger partial charge in [0.2, 0.25) is 11.8 Å². The number of allylic oxidation sites excluding steroid dienone is 1. The van der Waals surface area contributed by atoms with Gasteiger partial charge in [-0.2, -0.15) is 0 Å². The van der Waals surface area contributed by atoms with E-state index in [1.807, 2.05) is 20.8 Å². The summed E-state index contributed by atoms with van der Waals surface area (Å²) in [6.07, 6.45) is 6.89. The summed E-state index contributed by atoms with van der Waals surface area (Å²) in [6.45, 7) is 50.6. The van der Waals surface area contributed by atoms with Crippen molar-refractivity contribution in [3.63, 3.8) is 0 Å². The number of rotatable bonds is 39. The lowest BCUT2D eigenvalue weighted by atomic mass is 9.67. The molecule has 2 fully saturated rings. The van der Waals surface area contributed by atoms with E-state index in [1.165, 1.54) is 52.9 Å². The maximum absolute atomic E-state index is 13.9. The molecule has 0 radical (unpaired) electrons. The summed E-state index contributed by atoms with van der Waals surface area (Å²) < 4.78 is 39.8. The van der Waals surface area contributed by atoms with Crippen LogP contribution in [0.5, 0.6) is 0 Å². The number of aliphatic hydroxyl groups excluding tert-OH is 2. The van der Waals surface area contributed by atoms with Crippen LogP contribution >= 0.6 is 0 Å². The molecule has 618 valence electrons. The van der Waals surface area contributed by atoms with Gasteiger partial charge in [0.05, 0.1) is 68.7 Å². The second kappa shape index (κ2) is 57.4. The van der Waals surface area contributed by atoms with Crippen molar-refractivity contribution >= 4 is 83.1 Å². The Labute approximate surface area is 640 Å². The van der Waals surface area contributed by atoms with Gasteiger partial charge in [0.1, 0.15) is 19.0 Å². The third kappa shape index (κ3) is 52.3. The number of aliphatic hydroxyl groups is 2. The van der Waals surface area contributed by atoms with Crippen LogP contribution in [0, 0.1) is 34.0 Å². The van der Waals surface area contributed by atoms with Crippen LogP contribution in [-0.2, 0) is 105 Å². The van der Waals surface area contributed by atoms with Crippen molar-refractivity contribution < 1.29 is 125 Å². The van der Waals surface area contributed by atoms with E-state index >= 15 is 0 Å². The molecule has 2 aliphatic rings. The van der Waals surface area contributed by atoms with E-state index in [4.69, 9.17) is 33.9 Å². The number of amides is 2. The van der Waals surface area contributed by atoms with Gasteiger partial charge in [-0.25, -0.2) is 24.0 Å². The predicted octanol–water partition coefficient (Wildman–Crippen LogP) is 8.52. The smallest absolute Gasteiger partial charge is 0.333 e. The standard InChI is InChI=1S/C40H68N2O13.C10H19NO2.C7H12O3.C7H10O3.C6H9NO.C5H8O2.C3H4O2/c1-12-53-33(48)26(2)30(27(3)44)24-39(9,36(51)54-19-14-18-43)23-29(42-17-13-15-31(42)45)21-28(32(46)47)22-40(10,35(50)52-11)25-38(7,8)34(49)55-20-16-41-37(4,5)6;1-8(2)9(12)13-7-6-11-10(3,4)5;1-6(2)7(9)10-5-3-4-8;1-3-10-7(9)5-4-6(2)8;1-2-7-5-3-4-6(7)8;1-4(2)5(6)7-3;1-2-3(4)5/h26,28-30,41,43H,12-25H2,1-11H3,(H,46,47);11H,1,6-7H2,2-5H3;8H,1,3-5H2,2H3;4-5H,3H2,1-2H3;2H,1,3-5H2;1H2,2-3H3;2H,1H2,(H,4,5)/b;;;5-4-;;;. The summed E-state index contributed by atoms with van der Waals surface area (Å²) in [5.41, 5.74) is -3.10. The molecule has 2 saturated heterocycles. The number of likely N-dealkylation sites (tertiary alicyclic amines) is 2. The minimum atomic E-state index is -1.51. The summed E-state index contributed by atoms with van der Waals surface area (Å²) in [5, 5.41) is 42.3. The fourth-order valence-corrected chi connectivity index (χ4v) is 10.0. The minimum Gasteiger partial charge on any atom is -0.481 e. The number of esters is 8. The molecule has 6 atom stereocenters. The summed E-state index contributed by atoms with van der Waals surface area (Å²) in [4.78, 5) is 168. The van der Waals surface area contributed by atoms with Gasteiger partial charge >= 0.3 is 59.7 Å².